The summed E-state index contributed by atoms with van der Waals surface area (Å²) in [7, 11) is 2.21. The molecular weight excluding hydrogens is 210 g/mol. The van der Waals surface area contributed by atoms with Crippen LogP contribution >= 0.6 is 0 Å². The van der Waals surface area contributed by atoms with Crippen LogP contribution in [0.1, 0.15) is 19.3 Å². The Bertz CT molecular complexity index is 326. The van der Waals surface area contributed by atoms with Gasteiger partial charge in [0.15, 0.2) is 0 Å². The van der Waals surface area contributed by atoms with Gasteiger partial charge >= 0.3 is 0 Å². The zero-order chi connectivity index (χ0) is 12.1. The lowest BCUT2D eigenvalue weighted by Crippen LogP contribution is -2.30. The molecule has 0 aliphatic carbocycles. The van der Waals surface area contributed by atoms with Gasteiger partial charge in [-0.15, -0.1) is 0 Å². The highest BCUT2D eigenvalue weighted by atomic mass is 15.1. The molecule has 1 fully saturated rings. The van der Waals surface area contributed by atoms with E-state index in [1.807, 2.05) is 24.3 Å². The quantitative estimate of drug-likeness (QED) is 0.785. The first-order valence-electron chi connectivity index (χ1n) is 6.52. The van der Waals surface area contributed by atoms with E-state index in [4.69, 9.17) is 5.73 Å². The lowest BCUT2D eigenvalue weighted by molar-refractivity contribution is 0.215. The summed E-state index contributed by atoms with van der Waals surface area (Å²) >= 11 is 0. The van der Waals surface area contributed by atoms with Crippen LogP contribution in [0.15, 0.2) is 24.3 Å². The van der Waals surface area contributed by atoms with E-state index in [-0.39, 0.29) is 0 Å². The van der Waals surface area contributed by atoms with Crippen molar-refractivity contribution in [2.75, 3.05) is 37.7 Å². The number of benzene rings is 1. The van der Waals surface area contributed by atoms with E-state index in [2.05, 4.69) is 17.3 Å². The third-order valence-electron chi connectivity index (χ3n) is 3.63. The Balaban J connectivity index is 1.67. The van der Waals surface area contributed by atoms with Gasteiger partial charge in [-0.2, -0.15) is 0 Å². The molecular formula is C14H23N3. The summed E-state index contributed by atoms with van der Waals surface area (Å²) in [6.45, 7) is 3.58. The van der Waals surface area contributed by atoms with Crippen LogP contribution in [-0.2, 0) is 0 Å². The maximum Gasteiger partial charge on any atom is 0.0341 e. The molecule has 0 spiro atoms. The molecule has 0 atom stereocenters. The maximum absolute atomic E-state index is 5.65. The third-order valence-corrected chi connectivity index (χ3v) is 3.63. The highest BCUT2D eigenvalue weighted by Gasteiger charge is 2.15. The normalized spacial score (nSPS) is 18.2. The smallest absolute Gasteiger partial charge is 0.0341 e. The third kappa shape index (κ3) is 3.93. The summed E-state index contributed by atoms with van der Waals surface area (Å²) in [5.74, 6) is 0.896. The average molecular weight is 233 g/mol. The van der Waals surface area contributed by atoms with Crippen molar-refractivity contribution in [1.82, 2.24) is 4.90 Å². The lowest BCUT2D eigenvalue weighted by atomic mass is 9.94. The Labute approximate surface area is 104 Å². The van der Waals surface area contributed by atoms with Crippen LogP contribution in [0, 0.1) is 5.92 Å². The second kappa shape index (κ2) is 5.92. The summed E-state index contributed by atoms with van der Waals surface area (Å²) in [5, 5.41) is 3.46. The van der Waals surface area contributed by atoms with E-state index in [0.717, 1.165) is 18.2 Å². The lowest BCUT2D eigenvalue weighted by Gasteiger charge is -2.28. The van der Waals surface area contributed by atoms with E-state index in [9.17, 15) is 0 Å². The molecule has 17 heavy (non-hydrogen) atoms. The van der Waals surface area contributed by atoms with Gasteiger partial charge in [-0.3, -0.25) is 0 Å². The second-order valence-electron chi connectivity index (χ2n) is 5.08. The van der Waals surface area contributed by atoms with Crippen molar-refractivity contribution in [3.63, 3.8) is 0 Å². The first kappa shape index (κ1) is 12.2. The van der Waals surface area contributed by atoms with Crippen LogP contribution in [0.4, 0.5) is 11.4 Å². The number of nitrogens with two attached hydrogens (primary N) is 1. The van der Waals surface area contributed by atoms with Crippen molar-refractivity contribution >= 4 is 11.4 Å². The number of hydrogen-bond donors (Lipinski definition) is 2. The van der Waals surface area contributed by atoms with Crippen LogP contribution in [0.5, 0.6) is 0 Å². The number of nitrogen functional groups attached to an aromatic ring is 1. The second-order valence-corrected chi connectivity index (χ2v) is 5.08. The van der Waals surface area contributed by atoms with E-state index in [0.29, 0.717) is 0 Å². The van der Waals surface area contributed by atoms with Crippen LogP contribution in [-0.4, -0.2) is 31.6 Å². The number of piperidine rings is 1. The number of rotatable bonds is 4. The Morgan fingerprint density at radius 3 is 2.53 bits per heavy atom. The fraction of sp³-hybridized carbons (Fsp3) is 0.571. The van der Waals surface area contributed by atoms with Gasteiger partial charge < -0.3 is 16.0 Å². The Hall–Kier alpha value is -1.22. The number of hydrogen-bond acceptors (Lipinski definition) is 3. The molecule has 0 unspecified atom stereocenters. The van der Waals surface area contributed by atoms with Crippen LogP contribution in [0.3, 0.4) is 0 Å². The maximum atomic E-state index is 5.65. The van der Waals surface area contributed by atoms with Crippen molar-refractivity contribution in [2.24, 2.45) is 5.92 Å². The number of nitrogens with one attached hydrogen (secondary N) is 1. The molecule has 0 radical (unpaired) electrons. The molecule has 0 aromatic heterocycles. The molecule has 3 N–H and O–H groups in total. The first-order chi connectivity index (χ1) is 8.24. The average Bonchev–Trinajstić information content (AvgIpc) is 2.34. The molecule has 1 aromatic rings. The largest absolute Gasteiger partial charge is 0.399 e. The minimum absolute atomic E-state index is 0.825. The van der Waals surface area contributed by atoms with Gasteiger partial charge in [0.2, 0.25) is 0 Å². The van der Waals surface area contributed by atoms with Crippen molar-refractivity contribution in [3.8, 4) is 0 Å². The van der Waals surface area contributed by atoms with Gasteiger partial charge in [0, 0.05) is 17.9 Å². The molecule has 0 saturated carbocycles. The molecule has 1 aromatic carbocycles. The van der Waals surface area contributed by atoms with E-state index >= 15 is 0 Å². The van der Waals surface area contributed by atoms with Crippen LogP contribution in [0.2, 0.25) is 0 Å². The fourth-order valence-electron chi connectivity index (χ4n) is 2.37. The standard InChI is InChI=1S/C14H23N3/c1-17-10-7-12(8-11-17)6-9-16-14-4-2-13(15)3-5-14/h2-5,12,16H,6-11,15H2,1H3. The highest BCUT2D eigenvalue weighted by molar-refractivity contribution is 5.51. The number of nitrogens with zero attached hydrogens (tertiary/aromatic N) is 1. The Kier molecular flexibility index (Phi) is 4.26. The molecule has 3 nitrogen and oxygen atoms in total. The zero-order valence-corrected chi connectivity index (χ0v) is 10.7. The molecule has 0 bridgehead atoms. The molecule has 1 saturated heterocycles. The summed E-state index contributed by atoms with van der Waals surface area (Å²) in [6, 6.07) is 7.98. The molecule has 1 aliphatic rings. The summed E-state index contributed by atoms with van der Waals surface area (Å²) in [5.41, 5.74) is 7.65. The van der Waals surface area contributed by atoms with Gasteiger partial charge in [-0.25, -0.2) is 0 Å². The summed E-state index contributed by atoms with van der Waals surface area (Å²) in [6.07, 6.45) is 3.97. The topological polar surface area (TPSA) is 41.3 Å². The van der Waals surface area contributed by atoms with E-state index in [1.165, 1.54) is 38.0 Å². The minimum atomic E-state index is 0.825. The monoisotopic (exact) mass is 233 g/mol. The molecule has 1 aliphatic heterocycles. The Morgan fingerprint density at radius 1 is 1.24 bits per heavy atom. The summed E-state index contributed by atoms with van der Waals surface area (Å²) in [4.78, 5) is 2.42. The highest BCUT2D eigenvalue weighted by Crippen LogP contribution is 2.19. The van der Waals surface area contributed by atoms with E-state index < -0.39 is 0 Å². The molecule has 0 amide bonds. The van der Waals surface area contributed by atoms with Crippen LogP contribution in [0.25, 0.3) is 0 Å². The SMILES string of the molecule is CN1CCC(CCNc2ccc(N)cc2)CC1. The summed E-state index contributed by atoms with van der Waals surface area (Å²) < 4.78 is 0. The first-order valence-corrected chi connectivity index (χ1v) is 6.52. The van der Waals surface area contributed by atoms with E-state index in [1.54, 1.807) is 0 Å². The predicted octanol–water partition coefficient (Wildman–Crippen LogP) is 2.41. The number of anilines is 2. The molecule has 3 heteroatoms. The predicted molar refractivity (Wildman–Crippen MR) is 74.2 cm³/mol. The Morgan fingerprint density at radius 2 is 1.88 bits per heavy atom. The number of likely N-dealkylation sites (tertiary alicyclic amines) is 1. The minimum Gasteiger partial charge on any atom is -0.399 e. The zero-order valence-electron chi connectivity index (χ0n) is 10.7. The van der Waals surface area contributed by atoms with Gasteiger partial charge in [-0.1, -0.05) is 0 Å². The van der Waals surface area contributed by atoms with Gasteiger partial charge in [0.25, 0.3) is 0 Å². The van der Waals surface area contributed by atoms with Crippen molar-refractivity contribution in [2.45, 2.75) is 19.3 Å². The molecule has 94 valence electrons. The van der Waals surface area contributed by atoms with Gasteiger partial charge in [0.05, 0.1) is 0 Å². The molecule has 1 heterocycles. The van der Waals surface area contributed by atoms with Crippen molar-refractivity contribution in [3.05, 3.63) is 24.3 Å². The van der Waals surface area contributed by atoms with Gasteiger partial charge in [0.1, 0.15) is 0 Å². The van der Waals surface area contributed by atoms with Gasteiger partial charge in [-0.05, 0) is 69.6 Å². The van der Waals surface area contributed by atoms with Crippen molar-refractivity contribution in [1.29, 1.82) is 0 Å². The van der Waals surface area contributed by atoms with Crippen LogP contribution < -0.4 is 11.1 Å². The van der Waals surface area contributed by atoms with Crippen molar-refractivity contribution < 1.29 is 0 Å². The molecule has 2 rings (SSSR count). The fourth-order valence-corrected chi connectivity index (χ4v) is 2.37.